The molecule has 0 aliphatic carbocycles. The fraction of sp³-hybridized carbons (Fsp3) is 0.533. The largest absolute Gasteiger partial charge is 0.497 e. The Balaban J connectivity index is 0.00000220. The molecule has 2 rings (SSSR count). The van der Waals surface area contributed by atoms with E-state index in [0.29, 0.717) is 0 Å². The van der Waals surface area contributed by atoms with Gasteiger partial charge < -0.3 is 15.4 Å². The number of guanidine groups is 1. The molecule has 1 heterocycles. The smallest absolute Gasteiger partial charge is 0.191 e. The number of rotatable bonds is 5. The highest BCUT2D eigenvalue weighted by atomic mass is 127. The maximum absolute atomic E-state index is 5.15. The van der Waals surface area contributed by atoms with Crippen LogP contribution in [0.3, 0.4) is 0 Å². The zero-order valence-corrected chi connectivity index (χ0v) is 15.7. The van der Waals surface area contributed by atoms with E-state index in [4.69, 9.17) is 4.74 Å². The van der Waals surface area contributed by atoms with E-state index in [-0.39, 0.29) is 24.0 Å². The average molecular weight is 421 g/mol. The Kier molecular flexibility index (Phi) is 8.91. The molecule has 1 saturated heterocycles. The molecule has 2 N–H and O–H groups in total. The predicted molar refractivity (Wildman–Crippen MR) is 102 cm³/mol. The molecule has 1 aromatic carbocycles. The number of methoxy groups -OCH3 is 1. The fourth-order valence-electron chi connectivity index (χ4n) is 2.17. The molecule has 118 valence electrons. The van der Waals surface area contributed by atoms with Crippen LogP contribution in [0.2, 0.25) is 0 Å². The Bertz CT molecular complexity index is 433. The normalized spacial score (nSPS) is 18.0. The van der Waals surface area contributed by atoms with Gasteiger partial charge in [0.25, 0.3) is 0 Å². The van der Waals surface area contributed by atoms with Crippen molar-refractivity contribution in [3.05, 3.63) is 29.8 Å². The van der Waals surface area contributed by atoms with Gasteiger partial charge in [0.05, 0.1) is 7.11 Å². The van der Waals surface area contributed by atoms with Crippen molar-refractivity contribution in [3.8, 4) is 5.75 Å². The van der Waals surface area contributed by atoms with Gasteiger partial charge in [-0.05, 0) is 36.3 Å². The van der Waals surface area contributed by atoms with Crippen molar-refractivity contribution in [3.63, 3.8) is 0 Å². The quantitative estimate of drug-likeness (QED) is 0.436. The number of nitrogens with one attached hydrogen (secondary N) is 2. The highest BCUT2D eigenvalue weighted by Gasteiger charge is 2.15. The number of benzene rings is 1. The molecule has 1 aromatic rings. The van der Waals surface area contributed by atoms with Gasteiger partial charge in [0, 0.05) is 25.4 Å². The molecular formula is C15H24IN3OS. The molecule has 0 bridgehead atoms. The van der Waals surface area contributed by atoms with Crippen molar-refractivity contribution in [2.75, 3.05) is 26.5 Å². The topological polar surface area (TPSA) is 45.7 Å². The highest BCUT2D eigenvalue weighted by molar-refractivity contribution is 14.0. The zero-order valence-electron chi connectivity index (χ0n) is 12.6. The number of nitrogens with zero attached hydrogens (tertiary/aromatic N) is 1. The van der Waals surface area contributed by atoms with Crippen molar-refractivity contribution < 1.29 is 4.74 Å². The molecular weight excluding hydrogens is 397 g/mol. The van der Waals surface area contributed by atoms with Crippen LogP contribution in [0, 0.1) is 0 Å². The van der Waals surface area contributed by atoms with Gasteiger partial charge in [-0.25, -0.2) is 0 Å². The van der Waals surface area contributed by atoms with E-state index in [2.05, 4.69) is 39.5 Å². The molecule has 0 amide bonds. The van der Waals surface area contributed by atoms with Crippen molar-refractivity contribution in [1.82, 2.24) is 10.6 Å². The molecule has 1 unspecified atom stereocenters. The molecule has 0 radical (unpaired) electrons. The molecule has 1 aliphatic heterocycles. The van der Waals surface area contributed by atoms with Crippen molar-refractivity contribution in [2.45, 2.75) is 24.6 Å². The standard InChI is InChI=1S/C15H23N3OS.HI/c1-16-15(18-11-14-4-3-9-20-14)17-10-12-5-7-13(19-2)8-6-12;/h5-8,14H,3-4,9-11H2,1-2H3,(H2,16,17,18);1H. The lowest BCUT2D eigenvalue weighted by molar-refractivity contribution is 0.414. The van der Waals surface area contributed by atoms with E-state index in [1.807, 2.05) is 19.2 Å². The summed E-state index contributed by atoms with van der Waals surface area (Å²) < 4.78 is 5.15. The number of halogens is 1. The van der Waals surface area contributed by atoms with Crippen molar-refractivity contribution in [1.29, 1.82) is 0 Å². The summed E-state index contributed by atoms with van der Waals surface area (Å²) in [6.07, 6.45) is 2.65. The Morgan fingerprint density at radius 1 is 1.33 bits per heavy atom. The van der Waals surface area contributed by atoms with E-state index in [9.17, 15) is 0 Å². The maximum Gasteiger partial charge on any atom is 0.191 e. The molecule has 0 spiro atoms. The third kappa shape index (κ3) is 6.34. The summed E-state index contributed by atoms with van der Waals surface area (Å²) in [5.41, 5.74) is 1.21. The van der Waals surface area contributed by atoms with Gasteiger partial charge in [0.15, 0.2) is 5.96 Å². The number of hydrogen-bond acceptors (Lipinski definition) is 3. The lowest BCUT2D eigenvalue weighted by Crippen LogP contribution is -2.39. The minimum atomic E-state index is 0. The van der Waals surface area contributed by atoms with Gasteiger partial charge in [-0.2, -0.15) is 11.8 Å². The molecule has 4 nitrogen and oxygen atoms in total. The predicted octanol–water partition coefficient (Wildman–Crippen LogP) is 2.87. The lowest BCUT2D eigenvalue weighted by Gasteiger charge is -2.15. The first-order valence-corrected chi connectivity index (χ1v) is 8.05. The molecule has 0 saturated carbocycles. The van der Waals surface area contributed by atoms with E-state index < -0.39 is 0 Å². The van der Waals surface area contributed by atoms with E-state index in [1.165, 1.54) is 24.2 Å². The number of thioether (sulfide) groups is 1. The highest BCUT2D eigenvalue weighted by Crippen LogP contribution is 2.25. The Morgan fingerprint density at radius 2 is 2.10 bits per heavy atom. The molecule has 6 heteroatoms. The maximum atomic E-state index is 5.15. The van der Waals surface area contributed by atoms with Crippen LogP contribution in [-0.2, 0) is 6.54 Å². The van der Waals surface area contributed by atoms with Crippen LogP contribution in [0.1, 0.15) is 18.4 Å². The summed E-state index contributed by atoms with van der Waals surface area (Å²) in [6, 6.07) is 8.07. The number of hydrogen-bond donors (Lipinski definition) is 2. The second kappa shape index (κ2) is 10.2. The molecule has 1 fully saturated rings. The van der Waals surface area contributed by atoms with Crippen LogP contribution in [-0.4, -0.2) is 37.7 Å². The second-order valence-corrected chi connectivity index (χ2v) is 6.20. The molecule has 1 aliphatic rings. The minimum absolute atomic E-state index is 0. The number of aliphatic imine (C=N–C) groups is 1. The summed E-state index contributed by atoms with van der Waals surface area (Å²) in [7, 11) is 3.49. The Morgan fingerprint density at radius 3 is 2.67 bits per heavy atom. The van der Waals surface area contributed by atoms with Crippen LogP contribution < -0.4 is 15.4 Å². The monoisotopic (exact) mass is 421 g/mol. The summed E-state index contributed by atoms with van der Waals surface area (Å²) in [6.45, 7) is 1.76. The molecule has 21 heavy (non-hydrogen) atoms. The van der Waals surface area contributed by atoms with Gasteiger partial charge in [0.1, 0.15) is 5.75 Å². The average Bonchev–Trinajstić information content (AvgIpc) is 3.01. The summed E-state index contributed by atoms with van der Waals surface area (Å²) >= 11 is 2.05. The first-order valence-electron chi connectivity index (χ1n) is 7.01. The van der Waals surface area contributed by atoms with Crippen LogP contribution in [0.15, 0.2) is 29.3 Å². The number of ether oxygens (including phenoxy) is 1. The SMILES string of the molecule is CN=C(NCc1ccc(OC)cc1)NCC1CCCS1.I. The third-order valence-corrected chi connectivity index (χ3v) is 4.76. The summed E-state index contributed by atoms with van der Waals surface area (Å²) in [5.74, 6) is 3.05. The van der Waals surface area contributed by atoms with E-state index >= 15 is 0 Å². The van der Waals surface area contributed by atoms with E-state index in [1.54, 1.807) is 7.11 Å². The third-order valence-electron chi connectivity index (χ3n) is 3.36. The van der Waals surface area contributed by atoms with Crippen molar-refractivity contribution in [2.24, 2.45) is 4.99 Å². The van der Waals surface area contributed by atoms with Gasteiger partial charge in [-0.3, -0.25) is 4.99 Å². The van der Waals surface area contributed by atoms with Gasteiger partial charge in [0.2, 0.25) is 0 Å². The fourth-order valence-corrected chi connectivity index (χ4v) is 3.37. The summed E-state index contributed by atoms with van der Waals surface area (Å²) in [5, 5.41) is 7.46. The van der Waals surface area contributed by atoms with Crippen LogP contribution in [0.25, 0.3) is 0 Å². The van der Waals surface area contributed by atoms with Crippen LogP contribution in [0.4, 0.5) is 0 Å². The van der Waals surface area contributed by atoms with Crippen LogP contribution >= 0.6 is 35.7 Å². The zero-order chi connectivity index (χ0) is 14.2. The first kappa shape index (κ1) is 18.4. The molecule has 0 aromatic heterocycles. The lowest BCUT2D eigenvalue weighted by atomic mass is 10.2. The summed E-state index contributed by atoms with van der Waals surface area (Å²) in [4.78, 5) is 4.26. The second-order valence-electron chi connectivity index (χ2n) is 4.79. The van der Waals surface area contributed by atoms with E-state index in [0.717, 1.165) is 30.0 Å². The molecule has 1 atom stereocenters. The van der Waals surface area contributed by atoms with Gasteiger partial charge in [-0.15, -0.1) is 24.0 Å². The first-order chi connectivity index (χ1) is 9.81. The van der Waals surface area contributed by atoms with Crippen LogP contribution in [0.5, 0.6) is 5.75 Å². The Hall–Kier alpha value is -0.630. The van der Waals surface area contributed by atoms with Gasteiger partial charge >= 0.3 is 0 Å². The Labute approximate surface area is 148 Å². The van der Waals surface area contributed by atoms with Crippen molar-refractivity contribution >= 4 is 41.7 Å². The minimum Gasteiger partial charge on any atom is -0.497 e. The van der Waals surface area contributed by atoms with Gasteiger partial charge in [-0.1, -0.05) is 12.1 Å².